The summed E-state index contributed by atoms with van der Waals surface area (Å²) in [5, 5.41) is 3.49. The third kappa shape index (κ3) is 3.75. The summed E-state index contributed by atoms with van der Waals surface area (Å²) in [5.74, 6) is 3.64. The molecule has 4 nitrogen and oxygen atoms in total. The lowest BCUT2D eigenvalue weighted by atomic mass is 9.53. The summed E-state index contributed by atoms with van der Waals surface area (Å²) < 4.78 is 5.77. The Bertz CT molecular complexity index is 595. The lowest BCUT2D eigenvalue weighted by Crippen LogP contribution is -2.62. The molecule has 0 aliphatic heterocycles. The van der Waals surface area contributed by atoms with Crippen LogP contribution in [-0.4, -0.2) is 42.6 Å². The summed E-state index contributed by atoms with van der Waals surface area (Å²) in [5.41, 5.74) is 0.0987. The molecule has 142 valence electrons. The molecule has 0 spiro atoms. The number of hydrogen-bond donors (Lipinski definition) is 1. The minimum absolute atomic E-state index is 0.0987. The van der Waals surface area contributed by atoms with E-state index >= 15 is 0 Å². The van der Waals surface area contributed by atoms with Crippen molar-refractivity contribution in [2.45, 2.75) is 57.0 Å². The van der Waals surface area contributed by atoms with Gasteiger partial charge in [-0.2, -0.15) is 0 Å². The molecule has 4 bridgehead atoms. The van der Waals surface area contributed by atoms with Gasteiger partial charge >= 0.3 is 0 Å². The molecule has 4 aliphatic carbocycles. The van der Waals surface area contributed by atoms with Crippen LogP contribution in [0.1, 0.15) is 45.4 Å². The van der Waals surface area contributed by atoms with Gasteiger partial charge in [0.2, 0.25) is 5.91 Å². The van der Waals surface area contributed by atoms with Crippen molar-refractivity contribution in [3.05, 3.63) is 30.3 Å². The molecule has 0 saturated heterocycles. The normalized spacial score (nSPS) is 33.3. The number of ether oxygens (including phenoxy) is 1. The zero-order chi connectivity index (χ0) is 18.1. The predicted molar refractivity (Wildman–Crippen MR) is 103 cm³/mol. The van der Waals surface area contributed by atoms with Gasteiger partial charge in [-0.05, 0) is 82.4 Å². The average molecular weight is 357 g/mol. The van der Waals surface area contributed by atoms with Gasteiger partial charge in [-0.25, -0.2) is 0 Å². The van der Waals surface area contributed by atoms with Crippen molar-refractivity contribution in [1.82, 2.24) is 10.2 Å². The molecule has 1 amide bonds. The van der Waals surface area contributed by atoms with E-state index in [0.717, 1.165) is 30.0 Å². The smallest absolute Gasteiger partial charge is 0.237 e. The standard InChI is InChI=1S/C22H32N2O2/c1-16(24(2)8-9-26-20-6-4-3-5-7-20)21(25)23-22-13-17-10-18(14-22)12-19(11-17)15-22/h3-7,16-19H,8-15H2,1-2H3,(H,23,25)/t16-,17?,18?,19?,22?/m1/s1. The van der Waals surface area contributed by atoms with E-state index < -0.39 is 0 Å². The quantitative estimate of drug-likeness (QED) is 0.813. The number of likely N-dealkylation sites (N-methyl/N-ethyl adjacent to an activating group) is 1. The predicted octanol–water partition coefficient (Wildman–Crippen LogP) is 3.47. The molecule has 0 aromatic heterocycles. The van der Waals surface area contributed by atoms with Crippen molar-refractivity contribution in [2.75, 3.05) is 20.2 Å². The molecule has 4 fully saturated rings. The first-order chi connectivity index (χ1) is 12.5. The highest BCUT2D eigenvalue weighted by Crippen LogP contribution is 2.55. The van der Waals surface area contributed by atoms with Crippen LogP contribution in [0.25, 0.3) is 0 Å². The maximum Gasteiger partial charge on any atom is 0.237 e. The molecule has 1 N–H and O–H groups in total. The monoisotopic (exact) mass is 356 g/mol. The minimum Gasteiger partial charge on any atom is -0.492 e. The van der Waals surface area contributed by atoms with Crippen molar-refractivity contribution < 1.29 is 9.53 Å². The molecular formula is C22H32N2O2. The highest BCUT2D eigenvalue weighted by atomic mass is 16.5. The first-order valence-corrected chi connectivity index (χ1v) is 10.2. The lowest BCUT2D eigenvalue weighted by molar-refractivity contribution is -0.131. The number of amides is 1. The van der Waals surface area contributed by atoms with Crippen molar-refractivity contribution >= 4 is 5.91 Å². The molecule has 5 rings (SSSR count). The lowest BCUT2D eigenvalue weighted by Gasteiger charge is -2.57. The Labute approximate surface area is 157 Å². The first kappa shape index (κ1) is 17.8. The molecule has 1 atom stereocenters. The molecular weight excluding hydrogens is 324 g/mol. The third-order valence-corrected chi connectivity index (χ3v) is 6.92. The molecule has 0 radical (unpaired) electrons. The van der Waals surface area contributed by atoms with E-state index in [1.165, 1.54) is 38.5 Å². The number of para-hydroxylation sites is 1. The second kappa shape index (κ2) is 7.22. The number of benzene rings is 1. The summed E-state index contributed by atoms with van der Waals surface area (Å²) in [6, 6.07) is 9.73. The van der Waals surface area contributed by atoms with Crippen LogP contribution in [0.2, 0.25) is 0 Å². The van der Waals surface area contributed by atoms with Crippen molar-refractivity contribution in [1.29, 1.82) is 0 Å². The first-order valence-electron chi connectivity index (χ1n) is 10.2. The molecule has 0 unspecified atom stereocenters. The van der Waals surface area contributed by atoms with Gasteiger partial charge in [0.25, 0.3) is 0 Å². The van der Waals surface area contributed by atoms with E-state index in [1.54, 1.807) is 0 Å². The van der Waals surface area contributed by atoms with Crippen molar-refractivity contribution in [2.24, 2.45) is 17.8 Å². The van der Waals surface area contributed by atoms with Crippen LogP contribution in [0.15, 0.2) is 30.3 Å². The zero-order valence-corrected chi connectivity index (χ0v) is 16.1. The second-order valence-corrected chi connectivity index (χ2v) is 9.01. The minimum atomic E-state index is -0.123. The van der Waals surface area contributed by atoms with E-state index in [-0.39, 0.29) is 17.5 Å². The fourth-order valence-electron chi connectivity index (χ4n) is 5.85. The van der Waals surface area contributed by atoms with Gasteiger partial charge < -0.3 is 10.1 Å². The fraction of sp³-hybridized carbons (Fsp3) is 0.682. The molecule has 4 saturated carbocycles. The fourth-order valence-corrected chi connectivity index (χ4v) is 5.85. The number of hydrogen-bond acceptors (Lipinski definition) is 3. The zero-order valence-electron chi connectivity index (χ0n) is 16.1. The van der Waals surface area contributed by atoms with Crippen molar-refractivity contribution in [3.8, 4) is 5.75 Å². The SMILES string of the molecule is C[C@H](C(=O)NC12CC3CC(CC(C3)C1)C2)N(C)CCOc1ccccc1. The Morgan fingerprint density at radius 3 is 2.31 bits per heavy atom. The summed E-state index contributed by atoms with van der Waals surface area (Å²) in [6.07, 6.45) is 7.83. The molecule has 4 aliphatic rings. The highest BCUT2D eigenvalue weighted by molar-refractivity contribution is 5.82. The van der Waals surface area contributed by atoms with Gasteiger partial charge in [-0.15, -0.1) is 0 Å². The van der Waals surface area contributed by atoms with Crippen LogP contribution in [0.3, 0.4) is 0 Å². The molecule has 1 aromatic rings. The Balaban J connectivity index is 1.27. The summed E-state index contributed by atoms with van der Waals surface area (Å²) >= 11 is 0. The van der Waals surface area contributed by atoms with Crippen LogP contribution < -0.4 is 10.1 Å². The number of nitrogens with zero attached hydrogens (tertiary/aromatic N) is 1. The average Bonchev–Trinajstić information content (AvgIpc) is 2.60. The Kier molecular flexibility index (Phi) is 4.96. The van der Waals surface area contributed by atoms with Gasteiger partial charge in [0.05, 0.1) is 6.04 Å². The second-order valence-electron chi connectivity index (χ2n) is 9.01. The van der Waals surface area contributed by atoms with Crippen LogP contribution >= 0.6 is 0 Å². The third-order valence-electron chi connectivity index (χ3n) is 6.92. The van der Waals surface area contributed by atoms with Crippen molar-refractivity contribution in [3.63, 3.8) is 0 Å². The number of carbonyl (C=O) groups excluding carboxylic acids is 1. The maximum absolute atomic E-state index is 12.9. The highest BCUT2D eigenvalue weighted by Gasteiger charge is 2.51. The topological polar surface area (TPSA) is 41.6 Å². The summed E-state index contributed by atoms with van der Waals surface area (Å²) in [4.78, 5) is 15.0. The van der Waals surface area contributed by atoms with E-state index in [9.17, 15) is 4.79 Å². The molecule has 1 aromatic carbocycles. The summed E-state index contributed by atoms with van der Waals surface area (Å²) in [7, 11) is 2.01. The molecule has 4 heteroatoms. The largest absolute Gasteiger partial charge is 0.492 e. The van der Waals surface area contributed by atoms with Gasteiger partial charge in [0, 0.05) is 12.1 Å². The van der Waals surface area contributed by atoms with Gasteiger partial charge in [0.1, 0.15) is 12.4 Å². The van der Waals surface area contributed by atoms with Gasteiger partial charge in [-0.3, -0.25) is 9.69 Å². The Morgan fingerprint density at radius 1 is 1.15 bits per heavy atom. The number of carbonyl (C=O) groups is 1. The number of nitrogens with one attached hydrogen (secondary N) is 1. The van der Waals surface area contributed by atoms with Gasteiger partial charge in [0.15, 0.2) is 0 Å². The van der Waals surface area contributed by atoms with Gasteiger partial charge in [-0.1, -0.05) is 18.2 Å². The number of rotatable bonds is 7. The summed E-state index contributed by atoms with van der Waals surface area (Å²) in [6.45, 7) is 3.35. The van der Waals surface area contributed by atoms with Crippen LogP contribution in [0.4, 0.5) is 0 Å². The molecule has 26 heavy (non-hydrogen) atoms. The van der Waals surface area contributed by atoms with E-state index in [0.29, 0.717) is 6.61 Å². The Morgan fingerprint density at radius 2 is 1.73 bits per heavy atom. The van der Waals surface area contributed by atoms with Crippen LogP contribution in [-0.2, 0) is 4.79 Å². The Hall–Kier alpha value is -1.55. The molecule has 0 heterocycles. The van der Waals surface area contributed by atoms with Crippen LogP contribution in [0.5, 0.6) is 5.75 Å². The maximum atomic E-state index is 12.9. The van der Waals surface area contributed by atoms with Crippen LogP contribution in [0, 0.1) is 17.8 Å². The van der Waals surface area contributed by atoms with E-state index in [2.05, 4.69) is 10.2 Å². The van der Waals surface area contributed by atoms with E-state index in [1.807, 2.05) is 44.3 Å². The van der Waals surface area contributed by atoms with E-state index in [4.69, 9.17) is 4.74 Å².